The van der Waals surface area contributed by atoms with Crippen molar-refractivity contribution in [2.75, 3.05) is 11.8 Å². The van der Waals surface area contributed by atoms with Crippen LogP contribution in [0.5, 0.6) is 0 Å². The van der Waals surface area contributed by atoms with E-state index < -0.39 is 10.0 Å². The average molecular weight is 292 g/mol. The van der Waals surface area contributed by atoms with Gasteiger partial charge < -0.3 is 5.32 Å². The molecular formula is C13H16N4O2S. The fourth-order valence-electron chi connectivity index (χ4n) is 1.67. The van der Waals surface area contributed by atoms with Crippen molar-refractivity contribution in [1.82, 2.24) is 15.5 Å². The first kappa shape index (κ1) is 14.4. The van der Waals surface area contributed by atoms with E-state index in [9.17, 15) is 8.42 Å². The van der Waals surface area contributed by atoms with Crippen LogP contribution >= 0.6 is 0 Å². The van der Waals surface area contributed by atoms with Crippen LogP contribution in [0.3, 0.4) is 0 Å². The van der Waals surface area contributed by atoms with Crippen LogP contribution in [-0.4, -0.2) is 25.7 Å². The summed E-state index contributed by atoms with van der Waals surface area (Å²) in [6.07, 6.45) is 1.48. The standard InChI is InChI=1S/C13H16N4O2S/c1-10(14-2)11-5-3-6-12(9-11)20(18,19)17-13-7-4-8-15-16-13/h3-10,14H,1-2H3,(H,16,17). The fraction of sp³-hybridized carbons (Fsp3) is 0.231. The summed E-state index contributed by atoms with van der Waals surface area (Å²) in [4.78, 5) is 0.197. The van der Waals surface area contributed by atoms with Gasteiger partial charge in [-0.2, -0.15) is 5.10 Å². The van der Waals surface area contributed by atoms with Crippen molar-refractivity contribution < 1.29 is 8.42 Å². The van der Waals surface area contributed by atoms with E-state index in [1.807, 2.05) is 20.0 Å². The Hall–Kier alpha value is -1.99. The second-order valence-corrected chi connectivity index (χ2v) is 5.98. The molecule has 1 heterocycles. The normalized spacial score (nSPS) is 12.9. The molecule has 7 heteroatoms. The van der Waals surface area contributed by atoms with E-state index in [1.165, 1.54) is 6.20 Å². The number of sulfonamides is 1. The number of rotatable bonds is 5. The van der Waals surface area contributed by atoms with Crippen LogP contribution in [0.2, 0.25) is 0 Å². The number of aromatic nitrogens is 2. The Labute approximate surface area is 118 Å². The number of anilines is 1. The van der Waals surface area contributed by atoms with Crippen molar-refractivity contribution >= 4 is 15.8 Å². The molecule has 1 aromatic carbocycles. The van der Waals surface area contributed by atoms with Gasteiger partial charge in [-0.05, 0) is 43.8 Å². The summed E-state index contributed by atoms with van der Waals surface area (Å²) in [6.45, 7) is 1.96. The van der Waals surface area contributed by atoms with Crippen LogP contribution in [0.1, 0.15) is 18.5 Å². The summed E-state index contributed by atoms with van der Waals surface area (Å²) < 4.78 is 26.9. The molecule has 0 saturated carbocycles. The Kier molecular flexibility index (Phi) is 4.31. The summed E-state index contributed by atoms with van der Waals surface area (Å²) in [5, 5.41) is 10.4. The maximum atomic E-state index is 12.3. The van der Waals surface area contributed by atoms with Gasteiger partial charge in [-0.15, -0.1) is 5.10 Å². The number of benzene rings is 1. The van der Waals surface area contributed by atoms with Gasteiger partial charge in [0.2, 0.25) is 0 Å². The summed E-state index contributed by atoms with van der Waals surface area (Å²) in [6, 6.07) is 10.0. The third-order valence-corrected chi connectivity index (χ3v) is 4.27. The Morgan fingerprint density at radius 3 is 2.65 bits per heavy atom. The Balaban J connectivity index is 2.30. The average Bonchev–Trinajstić information content (AvgIpc) is 2.47. The molecule has 2 aromatic rings. The molecule has 0 amide bonds. The molecule has 1 unspecified atom stereocenters. The molecule has 0 spiro atoms. The van der Waals surface area contributed by atoms with Crippen molar-refractivity contribution in [3.63, 3.8) is 0 Å². The van der Waals surface area contributed by atoms with E-state index in [4.69, 9.17) is 0 Å². The van der Waals surface area contributed by atoms with Crippen LogP contribution in [0, 0.1) is 0 Å². The van der Waals surface area contributed by atoms with Crippen LogP contribution < -0.4 is 10.0 Å². The van der Waals surface area contributed by atoms with Crippen molar-refractivity contribution in [3.05, 3.63) is 48.2 Å². The van der Waals surface area contributed by atoms with Gasteiger partial charge in [0, 0.05) is 12.2 Å². The molecule has 106 valence electrons. The second kappa shape index (κ2) is 5.98. The van der Waals surface area contributed by atoms with E-state index in [0.29, 0.717) is 0 Å². The van der Waals surface area contributed by atoms with Gasteiger partial charge in [-0.3, -0.25) is 4.72 Å². The quantitative estimate of drug-likeness (QED) is 0.873. The smallest absolute Gasteiger partial charge is 0.263 e. The first-order valence-electron chi connectivity index (χ1n) is 6.10. The number of nitrogens with one attached hydrogen (secondary N) is 2. The minimum atomic E-state index is -3.66. The van der Waals surface area contributed by atoms with Gasteiger partial charge in [0.1, 0.15) is 0 Å². The zero-order valence-electron chi connectivity index (χ0n) is 11.2. The molecule has 0 aliphatic carbocycles. The molecule has 0 fully saturated rings. The second-order valence-electron chi connectivity index (χ2n) is 4.30. The predicted molar refractivity (Wildman–Crippen MR) is 76.8 cm³/mol. The van der Waals surface area contributed by atoms with Crippen LogP contribution in [0.15, 0.2) is 47.5 Å². The van der Waals surface area contributed by atoms with Crippen LogP contribution in [-0.2, 0) is 10.0 Å². The highest BCUT2D eigenvalue weighted by Crippen LogP contribution is 2.19. The molecule has 0 bridgehead atoms. The molecule has 2 rings (SSSR count). The van der Waals surface area contributed by atoms with Crippen molar-refractivity contribution in [1.29, 1.82) is 0 Å². The van der Waals surface area contributed by atoms with E-state index in [2.05, 4.69) is 20.2 Å². The lowest BCUT2D eigenvalue weighted by atomic mass is 10.1. The van der Waals surface area contributed by atoms with E-state index >= 15 is 0 Å². The zero-order valence-corrected chi connectivity index (χ0v) is 12.1. The van der Waals surface area contributed by atoms with Gasteiger partial charge in [0.15, 0.2) is 5.82 Å². The Morgan fingerprint density at radius 1 is 1.20 bits per heavy atom. The largest absolute Gasteiger partial charge is 0.313 e. The Bertz CT molecular complexity index is 674. The lowest BCUT2D eigenvalue weighted by Gasteiger charge is -2.12. The SMILES string of the molecule is CNC(C)c1cccc(S(=O)(=O)Nc2cccnn2)c1. The van der Waals surface area contributed by atoms with Crippen LogP contribution in [0.25, 0.3) is 0 Å². The molecular weight excluding hydrogens is 276 g/mol. The number of nitrogens with zero attached hydrogens (tertiary/aromatic N) is 2. The predicted octanol–water partition coefficient (Wildman–Crippen LogP) is 1.56. The lowest BCUT2D eigenvalue weighted by Crippen LogP contribution is -2.16. The van der Waals surface area contributed by atoms with Gasteiger partial charge >= 0.3 is 0 Å². The number of hydrogen-bond donors (Lipinski definition) is 2. The van der Waals surface area contributed by atoms with Crippen molar-refractivity contribution in [3.8, 4) is 0 Å². The van der Waals surface area contributed by atoms with Gasteiger partial charge in [0.05, 0.1) is 4.90 Å². The molecule has 0 radical (unpaired) electrons. The molecule has 1 atom stereocenters. The molecule has 6 nitrogen and oxygen atoms in total. The highest BCUT2D eigenvalue weighted by Gasteiger charge is 2.16. The summed E-state index contributed by atoms with van der Waals surface area (Å²) in [5.41, 5.74) is 0.898. The van der Waals surface area contributed by atoms with E-state index in [-0.39, 0.29) is 16.8 Å². The molecule has 0 aliphatic rings. The molecule has 0 aliphatic heterocycles. The topological polar surface area (TPSA) is 84.0 Å². The summed E-state index contributed by atoms with van der Waals surface area (Å²) in [7, 11) is -1.83. The summed E-state index contributed by atoms with van der Waals surface area (Å²) in [5.74, 6) is 0.194. The minimum Gasteiger partial charge on any atom is -0.313 e. The zero-order chi connectivity index (χ0) is 14.6. The molecule has 1 aromatic heterocycles. The van der Waals surface area contributed by atoms with Gasteiger partial charge in [-0.1, -0.05) is 12.1 Å². The molecule has 2 N–H and O–H groups in total. The monoisotopic (exact) mass is 292 g/mol. The molecule has 20 heavy (non-hydrogen) atoms. The highest BCUT2D eigenvalue weighted by molar-refractivity contribution is 7.92. The highest BCUT2D eigenvalue weighted by atomic mass is 32.2. The maximum absolute atomic E-state index is 12.3. The maximum Gasteiger partial charge on any atom is 0.263 e. The fourth-order valence-corrected chi connectivity index (χ4v) is 2.72. The van der Waals surface area contributed by atoms with Crippen LogP contribution in [0.4, 0.5) is 5.82 Å². The van der Waals surface area contributed by atoms with Gasteiger partial charge in [0.25, 0.3) is 10.0 Å². The Morgan fingerprint density at radius 2 is 2.00 bits per heavy atom. The molecule has 0 saturated heterocycles. The lowest BCUT2D eigenvalue weighted by molar-refractivity contribution is 0.600. The van der Waals surface area contributed by atoms with E-state index in [1.54, 1.807) is 30.3 Å². The summed E-state index contributed by atoms with van der Waals surface area (Å²) >= 11 is 0. The van der Waals surface area contributed by atoms with Crippen molar-refractivity contribution in [2.24, 2.45) is 0 Å². The first-order chi connectivity index (χ1) is 9.53. The third kappa shape index (κ3) is 3.31. The third-order valence-electron chi connectivity index (χ3n) is 2.91. The minimum absolute atomic E-state index is 0.0710. The van der Waals surface area contributed by atoms with Crippen molar-refractivity contribution in [2.45, 2.75) is 17.9 Å². The number of hydrogen-bond acceptors (Lipinski definition) is 5. The van der Waals surface area contributed by atoms with E-state index in [0.717, 1.165) is 5.56 Å². The van der Waals surface area contributed by atoms with Gasteiger partial charge in [-0.25, -0.2) is 8.42 Å². The first-order valence-corrected chi connectivity index (χ1v) is 7.59.